The molecule has 0 aliphatic carbocycles. The fourth-order valence-electron chi connectivity index (χ4n) is 9.08. The molecule has 0 saturated heterocycles. The lowest BCUT2D eigenvalue weighted by Crippen LogP contribution is -2.30. The molecule has 0 heterocycles. The third-order valence-electron chi connectivity index (χ3n) is 13.7. The third kappa shape index (κ3) is 54.8. The standard InChI is InChI=1S/C62H116O6/c1-4-7-10-13-16-19-22-24-26-28-30-31-32-34-35-37-40-43-46-49-52-55-61(64)67-58-59(57-66-60(63)54-51-48-45-42-39-21-18-15-12-9-6-3)68-62(65)56-53-50-47-44-41-38-36-33-29-27-25-23-20-17-14-11-8-5-2/h27-30,59H,4-26,31-58H2,1-3H3/b29-27-,30-28-. The van der Waals surface area contributed by atoms with E-state index >= 15 is 0 Å². The first-order valence-electron chi connectivity index (χ1n) is 30.3. The molecular formula is C62H116O6. The van der Waals surface area contributed by atoms with Crippen molar-refractivity contribution in [2.75, 3.05) is 13.2 Å². The molecule has 0 aromatic rings. The lowest BCUT2D eigenvalue weighted by atomic mass is 10.1. The molecule has 0 N–H and O–H groups in total. The van der Waals surface area contributed by atoms with Crippen molar-refractivity contribution in [3.63, 3.8) is 0 Å². The first kappa shape index (κ1) is 65.9. The molecular weight excluding hydrogens is 841 g/mol. The molecule has 0 aromatic heterocycles. The molecule has 1 unspecified atom stereocenters. The Morgan fingerprint density at radius 1 is 0.279 bits per heavy atom. The highest BCUT2D eigenvalue weighted by atomic mass is 16.6. The van der Waals surface area contributed by atoms with E-state index in [4.69, 9.17) is 14.2 Å². The number of carbonyl (C=O) groups excluding carboxylic acids is 3. The van der Waals surface area contributed by atoms with Crippen LogP contribution in [0.2, 0.25) is 0 Å². The number of allylic oxidation sites excluding steroid dienone is 4. The first-order chi connectivity index (χ1) is 33.5. The summed E-state index contributed by atoms with van der Waals surface area (Å²) in [5.74, 6) is -0.855. The quantitative estimate of drug-likeness (QED) is 0.0262. The molecule has 0 spiro atoms. The molecule has 0 aliphatic heterocycles. The van der Waals surface area contributed by atoms with Gasteiger partial charge in [0.15, 0.2) is 6.10 Å². The van der Waals surface area contributed by atoms with Crippen molar-refractivity contribution in [1.29, 1.82) is 0 Å². The highest BCUT2D eigenvalue weighted by molar-refractivity contribution is 5.71. The minimum Gasteiger partial charge on any atom is -0.462 e. The van der Waals surface area contributed by atoms with Crippen LogP contribution in [0.5, 0.6) is 0 Å². The summed E-state index contributed by atoms with van der Waals surface area (Å²) in [6.07, 6.45) is 67.5. The second kappa shape index (κ2) is 57.5. The van der Waals surface area contributed by atoms with E-state index in [2.05, 4.69) is 45.1 Å². The van der Waals surface area contributed by atoms with E-state index in [-0.39, 0.29) is 31.1 Å². The molecule has 68 heavy (non-hydrogen) atoms. The fraction of sp³-hybridized carbons (Fsp3) is 0.887. The molecule has 0 amide bonds. The Labute approximate surface area is 423 Å². The van der Waals surface area contributed by atoms with Crippen molar-refractivity contribution in [1.82, 2.24) is 0 Å². The predicted octanol–water partition coefficient (Wildman–Crippen LogP) is 20.3. The van der Waals surface area contributed by atoms with E-state index < -0.39 is 6.10 Å². The van der Waals surface area contributed by atoms with E-state index in [1.165, 1.54) is 238 Å². The third-order valence-corrected chi connectivity index (χ3v) is 13.7. The summed E-state index contributed by atoms with van der Waals surface area (Å²) in [5, 5.41) is 0. The van der Waals surface area contributed by atoms with Gasteiger partial charge in [-0.15, -0.1) is 0 Å². The Bertz CT molecular complexity index is 1100. The molecule has 0 aromatic carbocycles. The molecule has 0 fully saturated rings. The van der Waals surface area contributed by atoms with Crippen LogP contribution in [0.3, 0.4) is 0 Å². The van der Waals surface area contributed by atoms with Crippen LogP contribution in [0, 0.1) is 0 Å². The Balaban J connectivity index is 4.27. The Morgan fingerprint density at radius 2 is 0.485 bits per heavy atom. The molecule has 0 aliphatic rings. The summed E-state index contributed by atoms with van der Waals surface area (Å²) in [6, 6.07) is 0. The monoisotopic (exact) mass is 957 g/mol. The maximum absolute atomic E-state index is 12.9. The van der Waals surface area contributed by atoms with E-state index in [1.54, 1.807) is 0 Å². The highest BCUT2D eigenvalue weighted by Crippen LogP contribution is 2.17. The maximum Gasteiger partial charge on any atom is 0.306 e. The molecule has 0 rings (SSSR count). The number of rotatable bonds is 56. The van der Waals surface area contributed by atoms with Gasteiger partial charge in [-0.3, -0.25) is 14.4 Å². The van der Waals surface area contributed by atoms with Crippen molar-refractivity contribution in [2.45, 2.75) is 341 Å². The molecule has 0 saturated carbocycles. The van der Waals surface area contributed by atoms with Crippen LogP contribution in [0.25, 0.3) is 0 Å². The molecule has 1 atom stereocenters. The van der Waals surface area contributed by atoms with Crippen molar-refractivity contribution in [3.8, 4) is 0 Å². The second-order valence-electron chi connectivity index (χ2n) is 20.6. The Hall–Kier alpha value is -2.11. The van der Waals surface area contributed by atoms with E-state index in [0.717, 1.165) is 57.8 Å². The van der Waals surface area contributed by atoms with Crippen LogP contribution in [-0.4, -0.2) is 37.2 Å². The fourth-order valence-corrected chi connectivity index (χ4v) is 9.08. The summed E-state index contributed by atoms with van der Waals surface area (Å²) in [4.78, 5) is 38.2. The van der Waals surface area contributed by atoms with Crippen molar-refractivity contribution < 1.29 is 28.6 Å². The van der Waals surface area contributed by atoms with Crippen LogP contribution in [-0.2, 0) is 28.6 Å². The van der Waals surface area contributed by atoms with Gasteiger partial charge in [0, 0.05) is 19.3 Å². The van der Waals surface area contributed by atoms with Gasteiger partial charge in [-0.25, -0.2) is 0 Å². The molecule has 0 bridgehead atoms. The lowest BCUT2D eigenvalue weighted by molar-refractivity contribution is -0.167. The van der Waals surface area contributed by atoms with Gasteiger partial charge >= 0.3 is 17.9 Å². The highest BCUT2D eigenvalue weighted by Gasteiger charge is 2.19. The summed E-state index contributed by atoms with van der Waals surface area (Å²) in [6.45, 7) is 6.68. The van der Waals surface area contributed by atoms with Gasteiger partial charge < -0.3 is 14.2 Å². The van der Waals surface area contributed by atoms with Crippen molar-refractivity contribution >= 4 is 17.9 Å². The van der Waals surface area contributed by atoms with Gasteiger partial charge in [-0.1, -0.05) is 270 Å². The Morgan fingerprint density at radius 3 is 0.735 bits per heavy atom. The Kier molecular flexibility index (Phi) is 55.7. The summed E-state index contributed by atoms with van der Waals surface area (Å²) in [5.41, 5.74) is 0. The predicted molar refractivity (Wildman–Crippen MR) is 293 cm³/mol. The summed E-state index contributed by atoms with van der Waals surface area (Å²) < 4.78 is 16.9. The minimum absolute atomic E-state index is 0.0692. The second-order valence-corrected chi connectivity index (χ2v) is 20.6. The van der Waals surface area contributed by atoms with Crippen LogP contribution in [0.15, 0.2) is 24.3 Å². The zero-order valence-corrected chi connectivity index (χ0v) is 45.9. The normalized spacial score (nSPS) is 12.1. The van der Waals surface area contributed by atoms with Crippen LogP contribution < -0.4 is 0 Å². The topological polar surface area (TPSA) is 78.9 Å². The zero-order valence-electron chi connectivity index (χ0n) is 45.9. The largest absolute Gasteiger partial charge is 0.462 e. The van der Waals surface area contributed by atoms with Gasteiger partial charge in [-0.2, -0.15) is 0 Å². The van der Waals surface area contributed by atoms with Gasteiger partial charge in [0.05, 0.1) is 0 Å². The number of ether oxygens (including phenoxy) is 3. The number of hydrogen-bond donors (Lipinski definition) is 0. The van der Waals surface area contributed by atoms with Gasteiger partial charge in [0.2, 0.25) is 0 Å². The number of unbranched alkanes of at least 4 members (excludes halogenated alkanes) is 41. The van der Waals surface area contributed by atoms with Gasteiger partial charge in [0.1, 0.15) is 13.2 Å². The molecule has 400 valence electrons. The number of esters is 3. The minimum atomic E-state index is -0.770. The van der Waals surface area contributed by atoms with Crippen molar-refractivity contribution in [3.05, 3.63) is 24.3 Å². The van der Waals surface area contributed by atoms with Crippen LogP contribution in [0.1, 0.15) is 335 Å². The summed E-state index contributed by atoms with van der Waals surface area (Å²) >= 11 is 0. The maximum atomic E-state index is 12.9. The number of hydrogen-bond acceptors (Lipinski definition) is 6. The van der Waals surface area contributed by atoms with Crippen LogP contribution >= 0.6 is 0 Å². The number of carbonyl (C=O) groups is 3. The molecule has 6 heteroatoms. The van der Waals surface area contributed by atoms with Crippen molar-refractivity contribution in [2.24, 2.45) is 0 Å². The first-order valence-corrected chi connectivity index (χ1v) is 30.3. The molecule has 0 radical (unpaired) electrons. The molecule has 6 nitrogen and oxygen atoms in total. The van der Waals surface area contributed by atoms with Crippen LogP contribution in [0.4, 0.5) is 0 Å². The summed E-state index contributed by atoms with van der Waals surface area (Å²) in [7, 11) is 0. The van der Waals surface area contributed by atoms with Gasteiger partial charge in [0.25, 0.3) is 0 Å². The van der Waals surface area contributed by atoms with Gasteiger partial charge in [-0.05, 0) is 70.6 Å². The van der Waals surface area contributed by atoms with E-state index in [1.807, 2.05) is 0 Å². The SMILES string of the molecule is CCCCCCCCC/C=C\CCCCCCCCCC(=O)OC(COC(=O)CCCCCCCCCCC/C=C\CCCCCCCCCC)COC(=O)CCCCCCCCCCCCC. The smallest absolute Gasteiger partial charge is 0.306 e. The van der Waals surface area contributed by atoms with E-state index in [9.17, 15) is 14.4 Å². The average Bonchev–Trinajstić information content (AvgIpc) is 3.34. The lowest BCUT2D eigenvalue weighted by Gasteiger charge is -2.18. The zero-order chi connectivity index (χ0) is 49.3. The van der Waals surface area contributed by atoms with E-state index in [0.29, 0.717) is 19.3 Å². The average molecular weight is 958 g/mol.